The van der Waals surface area contributed by atoms with Crippen LogP contribution in [0.1, 0.15) is 32.4 Å². The third-order valence-electron chi connectivity index (χ3n) is 5.39. The summed E-state index contributed by atoms with van der Waals surface area (Å²) < 4.78 is 15.0. The molecular weight excluding hydrogens is 447 g/mol. The number of rotatable bonds is 4. The molecule has 5 rings (SSSR count). The van der Waals surface area contributed by atoms with Crippen molar-refractivity contribution in [3.63, 3.8) is 0 Å². The van der Waals surface area contributed by atoms with Crippen molar-refractivity contribution in [3.05, 3.63) is 92.6 Å². The molecule has 0 bridgehead atoms. The zero-order valence-electron chi connectivity index (χ0n) is 17.1. The van der Waals surface area contributed by atoms with Crippen molar-refractivity contribution in [2.45, 2.75) is 19.9 Å². The van der Waals surface area contributed by atoms with Crippen LogP contribution in [0.3, 0.4) is 0 Å². The van der Waals surface area contributed by atoms with Gasteiger partial charge in [0.05, 0.1) is 26.7 Å². The lowest BCUT2D eigenvalue weighted by molar-refractivity contribution is -0.117. The number of aliphatic hydroxyl groups excluding tert-OH is 1. The number of aromatic nitrogens is 1. The molecular formula is C24H17FN2O3S2. The highest BCUT2D eigenvalue weighted by molar-refractivity contribution is 7.22. The van der Waals surface area contributed by atoms with Crippen molar-refractivity contribution in [2.75, 3.05) is 4.90 Å². The number of aliphatic hydroxyl groups is 1. The minimum atomic E-state index is -0.991. The number of aryl methyl sites for hydroxylation is 2. The molecule has 1 atom stereocenters. The lowest BCUT2D eigenvalue weighted by Gasteiger charge is -2.24. The highest BCUT2D eigenvalue weighted by atomic mass is 32.1. The van der Waals surface area contributed by atoms with Gasteiger partial charge >= 0.3 is 0 Å². The van der Waals surface area contributed by atoms with Crippen LogP contribution in [-0.2, 0) is 4.79 Å². The Kier molecular flexibility index (Phi) is 4.91. The van der Waals surface area contributed by atoms with E-state index in [0.29, 0.717) is 15.6 Å². The number of carbonyl (C=O) groups excluding carboxylic acids is 2. The number of thiophene rings is 1. The van der Waals surface area contributed by atoms with Gasteiger partial charge in [0.2, 0.25) is 5.78 Å². The predicted molar refractivity (Wildman–Crippen MR) is 124 cm³/mol. The van der Waals surface area contributed by atoms with Gasteiger partial charge in [-0.2, -0.15) is 0 Å². The molecule has 0 saturated carbocycles. The minimum absolute atomic E-state index is 0.0739. The van der Waals surface area contributed by atoms with E-state index in [4.69, 9.17) is 0 Å². The first-order chi connectivity index (χ1) is 15.3. The molecule has 5 nitrogen and oxygen atoms in total. The van der Waals surface area contributed by atoms with E-state index in [1.165, 1.54) is 45.8 Å². The van der Waals surface area contributed by atoms with Crippen LogP contribution in [-0.4, -0.2) is 21.8 Å². The average Bonchev–Trinajstić information content (AvgIpc) is 3.47. The van der Waals surface area contributed by atoms with Gasteiger partial charge in [-0.1, -0.05) is 35.6 Å². The fraction of sp³-hybridized carbons (Fsp3) is 0.125. The largest absolute Gasteiger partial charge is 0.503 e. The van der Waals surface area contributed by atoms with Crippen molar-refractivity contribution in [3.8, 4) is 0 Å². The second-order valence-corrected chi connectivity index (χ2v) is 9.58. The molecule has 2 aromatic heterocycles. The Balaban J connectivity index is 1.71. The Hall–Kier alpha value is -3.36. The van der Waals surface area contributed by atoms with Gasteiger partial charge in [-0.05, 0) is 60.2 Å². The summed E-state index contributed by atoms with van der Waals surface area (Å²) in [5.74, 6) is -2.33. The fourth-order valence-corrected chi connectivity index (χ4v) is 5.88. The van der Waals surface area contributed by atoms with E-state index in [1.54, 1.807) is 23.6 Å². The molecule has 2 aromatic carbocycles. The Morgan fingerprint density at radius 3 is 2.69 bits per heavy atom. The summed E-state index contributed by atoms with van der Waals surface area (Å²) in [6.45, 7) is 3.92. The molecule has 0 saturated heterocycles. The molecule has 0 radical (unpaired) electrons. The van der Waals surface area contributed by atoms with Gasteiger partial charge in [0.15, 0.2) is 10.9 Å². The average molecular weight is 465 g/mol. The summed E-state index contributed by atoms with van der Waals surface area (Å²) >= 11 is 2.51. The summed E-state index contributed by atoms with van der Waals surface area (Å²) in [4.78, 5) is 32.9. The molecule has 4 aromatic rings. The van der Waals surface area contributed by atoms with Crippen molar-refractivity contribution in [1.29, 1.82) is 0 Å². The number of hydrogen-bond acceptors (Lipinski definition) is 6. The third-order valence-corrected chi connectivity index (χ3v) is 7.26. The van der Waals surface area contributed by atoms with Crippen LogP contribution in [0.2, 0.25) is 0 Å². The predicted octanol–water partition coefficient (Wildman–Crippen LogP) is 5.90. The fourth-order valence-electron chi connectivity index (χ4n) is 4.03. The molecule has 8 heteroatoms. The Morgan fingerprint density at radius 1 is 1.16 bits per heavy atom. The van der Waals surface area contributed by atoms with Crippen LogP contribution in [0.5, 0.6) is 0 Å². The lowest BCUT2D eigenvalue weighted by Crippen LogP contribution is -2.31. The molecule has 0 fully saturated rings. The van der Waals surface area contributed by atoms with Crippen molar-refractivity contribution in [2.24, 2.45) is 0 Å². The molecule has 1 amide bonds. The maximum absolute atomic E-state index is 14.1. The molecule has 1 N–H and O–H groups in total. The molecule has 0 spiro atoms. The second-order valence-electron chi connectivity index (χ2n) is 7.63. The summed E-state index contributed by atoms with van der Waals surface area (Å²) in [6, 6.07) is 12.1. The molecule has 0 aliphatic carbocycles. The van der Waals surface area contributed by atoms with Gasteiger partial charge in [0.1, 0.15) is 5.82 Å². The first kappa shape index (κ1) is 20.5. The number of hydrogen-bond donors (Lipinski definition) is 1. The number of amides is 1. The van der Waals surface area contributed by atoms with Gasteiger partial charge in [0, 0.05) is 0 Å². The monoisotopic (exact) mass is 464 g/mol. The topological polar surface area (TPSA) is 70.5 Å². The highest BCUT2D eigenvalue weighted by Crippen LogP contribution is 2.45. The minimum Gasteiger partial charge on any atom is -0.503 e. The van der Waals surface area contributed by atoms with Crippen LogP contribution in [0.15, 0.2) is 65.2 Å². The van der Waals surface area contributed by atoms with E-state index in [1.807, 2.05) is 26.0 Å². The summed E-state index contributed by atoms with van der Waals surface area (Å²) in [7, 11) is 0. The summed E-state index contributed by atoms with van der Waals surface area (Å²) in [5.41, 5.74) is 3.08. The van der Waals surface area contributed by atoms with Gasteiger partial charge in [-0.25, -0.2) is 9.37 Å². The second kappa shape index (κ2) is 7.65. The number of halogens is 1. The van der Waals surface area contributed by atoms with E-state index >= 15 is 0 Å². The highest BCUT2D eigenvalue weighted by Gasteiger charge is 2.46. The van der Waals surface area contributed by atoms with E-state index in [9.17, 15) is 19.1 Å². The van der Waals surface area contributed by atoms with Crippen molar-refractivity contribution < 1.29 is 19.1 Å². The van der Waals surface area contributed by atoms with Gasteiger partial charge < -0.3 is 5.11 Å². The van der Waals surface area contributed by atoms with Crippen LogP contribution in [0.4, 0.5) is 9.52 Å². The molecule has 1 aliphatic rings. The van der Waals surface area contributed by atoms with Crippen LogP contribution in [0.25, 0.3) is 10.2 Å². The Labute approximate surface area is 191 Å². The van der Waals surface area contributed by atoms with Gasteiger partial charge in [0.25, 0.3) is 5.91 Å². The van der Waals surface area contributed by atoms with Crippen molar-refractivity contribution >= 4 is 49.7 Å². The molecule has 3 heterocycles. The Bertz CT molecular complexity index is 1420. The number of benzene rings is 2. The van der Waals surface area contributed by atoms with Crippen LogP contribution < -0.4 is 4.90 Å². The first-order valence-electron chi connectivity index (χ1n) is 9.83. The number of fused-ring (bicyclic) bond motifs is 1. The van der Waals surface area contributed by atoms with Crippen molar-refractivity contribution in [1.82, 2.24) is 4.98 Å². The molecule has 160 valence electrons. The van der Waals surface area contributed by atoms with Crippen LogP contribution >= 0.6 is 22.7 Å². The molecule has 0 unspecified atom stereocenters. The normalized spacial score (nSPS) is 16.4. The number of nitrogens with zero attached hydrogens (tertiary/aromatic N) is 2. The number of ketones is 1. The zero-order chi connectivity index (χ0) is 22.6. The number of thiazole rings is 1. The zero-order valence-corrected chi connectivity index (χ0v) is 18.8. The summed E-state index contributed by atoms with van der Waals surface area (Å²) in [6.07, 6.45) is 0. The Morgan fingerprint density at radius 2 is 1.97 bits per heavy atom. The maximum atomic E-state index is 14.1. The third kappa shape index (κ3) is 3.23. The summed E-state index contributed by atoms with van der Waals surface area (Å²) in [5, 5.41) is 12.9. The number of carbonyl (C=O) groups is 2. The standard InChI is InChI=1S/C24H17FN2O3S2/c1-12-9-13(2)19-17(10-12)32-24(26-19)27-20(14-5-3-6-15(25)11-14)18(22(29)23(27)30)21(28)16-7-4-8-31-16/h3-11,20,29H,1-2H3/t20-/m0/s1. The maximum Gasteiger partial charge on any atom is 0.296 e. The van der Waals surface area contributed by atoms with E-state index < -0.39 is 29.3 Å². The molecule has 1 aliphatic heterocycles. The van der Waals surface area contributed by atoms with Crippen LogP contribution in [0, 0.1) is 19.7 Å². The van der Waals surface area contributed by atoms with E-state index in [-0.39, 0.29) is 5.57 Å². The van der Waals surface area contributed by atoms with Gasteiger partial charge in [-0.3, -0.25) is 14.5 Å². The lowest BCUT2D eigenvalue weighted by atomic mass is 9.95. The SMILES string of the molecule is Cc1cc(C)c2nc(N3C(=O)C(O)=C(C(=O)c4cccs4)[C@@H]3c3cccc(F)c3)sc2c1. The van der Waals surface area contributed by atoms with E-state index in [0.717, 1.165) is 21.3 Å². The first-order valence-corrected chi connectivity index (χ1v) is 11.5. The molecule has 32 heavy (non-hydrogen) atoms. The quantitative estimate of drug-likeness (QED) is 0.382. The van der Waals surface area contributed by atoms with E-state index in [2.05, 4.69) is 4.98 Å². The van der Waals surface area contributed by atoms with Gasteiger partial charge in [-0.15, -0.1) is 11.3 Å². The smallest absolute Gasteiger partial charge is 0.296 e. The number of anilines is 1. The number of Topliss-reactive ketones (excluding diaryl/α,β-unsaturated/α-hetero) is 1.